The van der Waals surface area contributed by atoms with E-state index in [2.05, 4.69) is 234 Å². The summed E-state index contributed by atoms with van der Waals surface area (Å²) >= 11 is 0. The molecular weight excluding hydrogens is 765 g/mol. The predicted molar refractivity (Wildman–Crippen MR) is 264 cm³/mol. The number of nitrogens with zero attached hydrogens (tertiary/aromatic N) is 2. The molecule has 294 valence electrons. The maximum absolute atomic E-state index is 6.67. The summed E-state index contributed by atoms with van der Waals surface area (Å²) in [5, 5.41) is 7.12. The molecule has 0 atom stereocenters. The summed E-state index contributed by atoms with van der Waals surface area (Å²) in [7, 11) is 0. The third-order valence-corrected chi connectivity index (χ3v) is 12.9. The van der Waals surface area contributed by atoms with Crippen molar-refractivity contribution in [3.05, 3.63) is 231 Å². The molecule has 3 aromatic heterocycles. The molecule has 0 bridgehead atoms. The van der Waals surface area contributed by atoms with Gasteiger partial charge in [0.2, 0.25) is 0 Å². The van der Waals surface area contributed by atoms with Crippen LogP contribution in [0.2, 0.25) is 0 Å². The lowest BCUT2D eigenvalue weighted by Gasteiger charge is -2.12. The summed E-state index contributed by atoms with van der Waals surface area (Å²) in [6.07, 6.45) is 0. The Morgan fingerprint density at radius 3 is 1.32 bits per heavy atom. The predicted octanol–water partition coefficient (Wildman–Crippen LogP) is 16.4. The Kier molecular flexibility index (Phi) is 7.91. The van der Waals surface area contributed by atoms with Gasteiger partial charge in [-0.25, -0.2) is 0 Å². The Balaban J connectivity index is 0.994. The molecule has 0 aliphatic carbocycles. The van der Waals surface area contributed by atoms with Crippen LogP contribution >= 0.6 is 0 Å². The fraction of sp³-hybridized carbons (Fsp3) is 0. The average molecular weight is 803 g/mol. The first kappa shape index (κ1) is 35.4. The first-order valence-corrected chi connectivity index (χ1v) is 21.6. The standard InChI is InChI=1S/C60H38N2O/c1-4-14-39(15-5-1)41-24-26-42(27-25-41)50-37-47(38-54-49-21-11-13-23-59(49)63-60(50)54)62-55-22-12-10-20-48(55)51-35-44(29-32-56(51)62)45-30-33-58-53(36-45)52-34-43(40-16-6-2-7-17-40)28-31-57(52)61(58)46-18-8-3-9-19-46/h1-38H. The van der Waals surface area contributed by atoms with Gasteiger partial charge >= 0.3 is 0 Å². The molecule has 3 heteroatoms. The molecule has 3 nitrogen and oxygen atoms in total. The van der Waals surface area contributed by atoms with Crippen molar-refractivity contribution >= 4 is 65.6 Å². The smallest absolute Gasteiger partial charge is 0.143 e. The van der Waals surface area contributed by atoms with E-state index in [1.807, 2.05) is 6.07 Å². The molecule has 13 aromatic rings. The summed E-state index contributed by atoms with van der Waals surface area (Å²) in [4.78, 5) is 0. The fourth-order valence-corrected chi connectivity index (χ4v) is 9.93. The minimum absolute atomic E-state index is 0.888. The first-order valence-electron chi connectivity index (χ1n) is 21.6. The minimum atomic E-state index is 0.888. The fourth-order valence-electron chi connectivity index (χ4n) is 9.93. The van der Waals surface area contributed by atoms with Crippen LogP contribution in [-0.2, 0) is 0 Å². The number of para-hydroxylation sites is 3. The van der Waals surface area contributed by atoms with E-state index in [4.69, 9.17) is 4.42 Å². The number of rotatable bonds is 6. The highest BCUT2D eigenvalue weighted by molar-refractivity contribution is 6.15. The van der Waals surface area contributed by atoms with Gasteiger partial charge in [0.25, 0.3) is 0 Å². The summed E-state index contributed by atoms with van der Waals surface area (Å²) in [6, 6.07) is 83.4. The molecule has 0 saturated heterocycles. The molecule has 0 aliphatic rings. The highest BCUT2D eigenvalue weighted by atomic mass is 16.3. The van der Waals surface area contributed by atoms with Crippen LogP contribution in [0.25, 0.3) is 121 Å². The van der Waals surface area contributed by atoms with E-state index in [1.165, 1.54) is 66.0 Å². The van der Waals surface area contributed by atoms with Gasteiger partial charge in [0.05, 0.1) is 22.1 Å². The van der Waals surface area contributed by atoms with Crippen molar-refractivity contribution in [3.63, 3.8) is 0 Å². The normalized spacial score (nSPS) is 11.8. The number of hydrogen-bond acceptors (Lipinski definition) is 1. The Morgan fingerprint density at radius 2 is 0.683 bits per heavy atom. The Hall–Kier alpha value is -8.40. The molecule has 3 heterocycles. The molecule has 0 spiro atoms. The van der Waals surface area contributed by atoms with Gasteiger partial charge in [-0.3, -0.25) is 0 Å². The van der Waals surface area contributed by atoms with E-state index in [0.29, 0.717) is 0 Å². The van der Waals surface area contributed by atoms with Gasteiger partial charge in [-0.1, -0.05) is 158 Å². The molecular formula is C60H38N2O. The Labute approximate surface area is 363 Å². The van der Waals surface area contributed by atoms with Crippen LogP contribution in [0.15, 0.2) is 235 Å². The van der Waals surface area contributed by atoms with Crippen LogP contribution in [0.5, 0.6) is 0 Å². The van der Waals surface area contributed by atoms with Crippen LogP contribution in [-0.4, -0.2) is 9.13 Å². The second kappa shape index (κ2) is 14.1. The van der Waals surface area contributed by atoms with Crippen molar-refractivity contribution in [1.82, 2.24) is 9.13 Å². The quantitative estimate of drug-likeness (QED) is 0.164. The molecule has 10 aromatic carbocycles. The number of furan rings is 1. The lowest BCUT2D eigenvalue weighted by molar-refractivity contribution is 0.670. The van der Waals surface area contributed by atoms with Crippen molar-refractivity contribution in [2.45, 2.75) is 0 Å². The third-order valence-electron chi connectivity index (χ3n) is 12.9. The van der Waals surface area contributed by atoms with Crippen LogP contribution in [0, 0.1) is 0 Å². The van der Waals surface area contributed by atoms with E-state index in [1.54, 1.807) is 0 Å². The van der Waals surface area contributed by atoms with Gasteiger partial charge in [-0.05, 0) is 112 Å². The zero-order valence-corrected chi connectivity index (χ0v) is 34.2. The van der Waals surface area contributed by atoms with E-state index < -0.39 is 0 Å². The molecule has 0 amide bonds. The Bertz CT molecular complexity index is 3870. The minimum Gasteiger partial charge on any atom is -0.455 e. The molecule has 63 heavy (non-hydrogen) atoms. The Morgan fingerprint density at radius 1 is 0.254 bits per heavy atom. The highest BCUT2D eigenvalue weighted by Crippen LogP contribution is 2.43. The maximum Gasteiger partial charge on any atom is 0.143 e. The number of benzene rings is 10. The van der Waals surface area contributed by atoms with Crippen LogP contribution in [0.1, 0.15) is 0 Å². The van der Waals surface area contributed by atoms with E-state index in [0.717, 1.165) is 55.5 Å². The molecule has 0 radical (unpaired) electrons. The summed E-state index contributed by atoms with van der Waals surface area (Å²) in [6.45, 7) is 0. The molecule has 0 unspecified atom stereocenters. The number of aromatic nitrogens is 2. The molecule has 0 aliphatic heterocycles. The average Bonchev–Trinajstić information content (AvgIpc) is 4.01. The van der Waals surface area contributed by atoms with Crippen LogP contribution in [0.4, 0.5) is 0 Å². The second-order valence-corrected chi connectivity index (χ2v) is 16.5. The van der Waals surface area contributed by atoms with Gasteiger partial charge in [0.1, 0.15) is 11.2 Å². The molecule has 0 saturated carbocycles. The van der Waals surface area contributed by atoms with Crippen molar-refractivity contribution < 1.29 is 4.42 Å². The van der Waals surface area contributed by atoms with Crippen molar-refractivity contribution in [2.75, 3.05) is 0 Å². The van der Waals surface area contributed by atoms with Gasteiger partial charge < -0.3 is 13.6 Å². The van der Waals surface area contributed by atoms with Gasteiger partial charge in [-0.15, -0.1) is 0 Å². The molecule has 0 N–H and O–H groups in total. The summed E-state index contributed by atoms with van der Waals surface area (Å²) in [5.74, 6) is 0. The van der Waals surface area contributed by atoms with Gasteiger partial charge in [-0.2, -0.15) is 0 Å². The lowest BCUT2D eigenvalue weighted by Crippen LogP contribution is -1.95. The number of hydrogen-bond donors (Lipinski definition) is 0. The maximum atomic E-state index is 6.67. The lowest BCUT2D eigenvalue weighted by atomic mass is 9.98. The zero-order valence-electron chi connectivity index (χ0n) is 34.2. The summed E-state index contributed by atoms with van der Waals surface area (Å²) < 4.78 is 11.5. The van der Waals surface area contributed by atoms with Crippen molar-refractivity contribution in [3.8, 4) is 55.9 Å². The molecule has 0 fully saturated rings. The van der Waals surface area contributed by atoms with E-state index in [9.17, 15) is 0 Å². The topological polar surface area (TPSA) is 23.0 Å². The largest absolute Gasteiger partial charge is 0.455 e. The molecule has 13 rings (SSSR count). The van der Waals surface area contributed by atoms with Gasteiger partial charge in [0.15, 0.2) is 0 Å². The zero-order chi connectivity index (χ0) is 41.4. The van der Waals surface area contributed by atoms with E-state index in [-0.39, 0.29) is 0 Å². The third kappa shape index (κ3) is 5.67. The van der Waals surface area contributed by atoms with Crippen molar-refractivity contribution in [1.29, 1.82) is 0 Å². The van der Waals surface area contributed by atoms with Crippen molar-refractivity contribution in [2.24, 2.45) is 0 Å². The second-order valence-electron chi connectivity index (χ2n) is 16.5. The first-order chi connectivity index (χ1) is 31.2. The van der Waals surface area contributed by atoms with E-state index >= 15 is 0 Å². The van der Waals surface area contributed by atoms with Gasteiger partial charge in [0, 0.05) is 49.3 Å². The monoisotopic (exact) mass is 802 g/mol. The number of fused-ring (bicyclic) bond motifs is 9. The highest BCUT2D eigenvalue weighted by Gasteiger charge is 2.20. The van der Waals surface area contributed by atoms with Crippen LogP contribution in [0.3, 0.4) is 0 Å². The SMILES string of the molecule is c1ccc(-c2ccc(-c3cc(-n4c5ccccc5c5cc(-c6ccc7c(c6)c6cc(-c8ccccc8)ccc6n7-c6ccccc6)ccc54)cc4c3oc3ccccc34)cc2)cc1. The van der Waals surface area contributed by atoms with Crippen LogP contribution < -0.4 is 0 Å². The summed E-state index contributed by atoms with van der Waals surface area (Å²) in [5.41, 5.74) is 18.1.